The highest BCUT2D eigenvalue weighted by molar-refractivity contribution is 6.05. The molecule has 2 rings (SSSR count). The zero-order valence-corrected chi connectivity index (χ0v) is 7.77. The second-order valence-electron chi connectivity index (χ2n) is 2.87. The Labute approximate surface area is 85.5 Å². The Morgan fingerprint density at radius 1 is 1.47 bits per heavy atom. The number of anilines is 2. The van der Waals surface area contributed by atoms with E-state index in [4.69, 9.17) is 5.73 Å². The fourth-order valence-electron chi connectivity index (χ4n) is 1.09. The maximum absolute atomic E-state index is 11.6. The van der Waals surface area contributed by atoms with E-state index in [9.17, 15) is 4.79 Å². The van der Waals surface area contributed by atoms with Crippen LogP contribution in [0.4, 0.5) is 11.5 Å². The summed E-state index contributed by atoms with van der Waals surface area (Å²) in [6.07, 6.45) is 2.97. The number of rotatable bonds is 2. The monoisotopic (exact) mass is 203 g/mol. The summed E-state index contributed by atoms with van der Waals surface area (Å²) < 4.78 is 0. The van der Waals surface area contributed by atoms with Gasteiger partial charge in [-0.2, -0.15) is 5.10 Å². The molecular weight excluding hydrogens is 194 g/mol. The van der Waals surface area contributed by atoms with Crippen LogP contribution < -0.4 is 11.1 Å². The quantitative estimate of drug-likeness (QED) is 0.667. The Morgan fingerprint density at radius 2 is 2.33 bits per heavy atom. The van der Waals surface area contributed by atoms with E-state index in [2.05, 4.69) is 20.5 Å². The summed E-state index contributed by atoms with van der Waals surface area (Å²) in [6.45, 7) is 0. The maximum atomic E-state index is 11.6. The predicted molar refractivity (Wildman–Crippen MR) is 55.2 cm³/mol. The highest BCUT2D eigenvalue weighted by Gasteiger charge is 2.11. The van der Waals surface area contributed by atoms with Gasteiger partial charge in [0.25, 0.3) is 5.91 Å². The molecule has 76 valence electrons. The van der Waals surface area contributed by atoms with Crippen molar-refractivity contribution in [2.45, 2.75) is 0 Å². The molecule has 0 spiro atoms. The van der Waals surface area contributed by atoms with Crippen LogP contribution in [0.15, 0.2) is 30.6 Å². The minimum atomic E-state index is -0.358. The number of H-pyrrole nitrogens is 1. The number of nitrogens with two attached hydrogens (primary N) is 1. The molecule has 0 aliphatic carbocycles. The number of amides is 1. The zero-order valence-electron chi connectivity index (χ0n) is 7.77. The van der Waals surface area contributed by atoms with E-state index >= 15 is 0 Å². The van der Waals surface area contributed by atoms with Crippen LogP contribution in [0.1, 0.15) is 10.5 Å². The van der Waals surface area contributed by atoms with Crippen molar-refractivity contribution in [3.8, 4) is 0 Å². The van der Waals surface area contributed by atoms with Crippen LogP contribution in [-0.4, -0.2) is 21.1 Å². The van der Waals surface area contributed by atoms with Crippen molar-refractivity contribution in [1.29, 1.82) is 0 Å². The number of nitrogen functional groups attached to an aromatic ring is 1. The smallest absolute Gasteiger partial charge is 0.276 e. The molecule has 0 bridgehead atoms. The molecule has 0 aliphatic rings. The lowest BCUT2D eigenvalue weighted by Gasteiger charge is -2.01. The van der Waals surface area contributed by atoms with Gasteiger partial charge in [-0.1, -0.05) is 6.07 Å². The number of hydrogen-bond acceptors (Lipinski definition) is 4. The first-order valence-electron chi connectivity index (χ1n) is 4.28. The van der Waals surface area contributed by atoms with Crippen LogP contribution >= 0.6 is 0 Å². The first kappa shape index (κ1) is 9.20. The highest BCUT2D eigenvalue weighted by atomic mass is 16.2. The summed E-state index contributed by atoms with van der Waals surface area (Å²) in [5.41, 5.74) is 6.07. The van der Waals surface area contributed by atoms with E-state index < -0.39 is 0 Å². The summed E-state index contributed by atoms with van der Waals surface area (Å²) in [6, 6.07) is 5.23. The van der Waals surface area contributed by atoms with Crippen LogP contribution in [-0.2, 0) is 0 Å². The third-order valence-corrected chi connectivity index (χ3v) is 1.80. The first-order chi connectivity index (χ1) is 7.27. The highest BCUT2D eigenvalue weighted by Crippen LogP contribution is 2.08. The van der Waals surface area contributed by atoms with E-state index in [1.165, 1.54) is 6.20 Å². The summed E-state index contributed by atoms with van der Waals surface area (Å²) in [7, 11) is 0. The SMILES string of the molecule is Nc1cn[nH]c1C(=O)Nc1ccccn1. The van der Waals surface area contributed by atoms with Gasteiger partial charge in [0.15, 0.2) is 0 Å². The molecule has 0 aromatic carbocycles. The number of aromatic amines is 1. The van der Waals surface area contributed by atoms with Gasteiger partial charge in [-0.05, 0) is 12.1 Å². The summed E-state index contributed by atoms with van der Waals surface area (Å²) in [5.74, 6) is 0.111. The van der Waals surface area contributed by atoms with E-state index in [0.717, 1.165) is 0 Å². The molecule has 0 aliphatic heterocycles. The molecule has 0 fully saturated rings. The van der Waals surface area contributed by atoms with Crippen molar-refractivity contribution in [3.63, 3.8) is 0 Å². The number of nitrogens with one attached hydrogen (secondary N) is 2. The third-order valence-electron chi connectivity index (χ3n) is 1.80. The number of pyridine rings is 1. The standard InChI is InChI=1S/C9H9N5O/c10-6-5-12-14-8(6)9(15)13-7-3-1-2-4-11-7/h1-5H,10H2,(H,12,14)(H,11,13,15). The van der Waals surface area contributed by atoms with E-state index in [1.54, 1.807) is 24.4 Å². The molecule has 2 heterocycles. The Morgan fingerprint density at radius 3 is 2.93 bits per heavy atom. The first-order valence-corrected chi connectivity index (χ1v) is 4.28. The van der Waals surface area contributed by atoms with Crippen molar-refractivity contribution in [2.75, 3.05) is 11.1 Å². The molecule has 1 amide bonds. The maximum Gasteiger partial charge on any atom is 0.276 e. The lowest BCUT2D eigenvalue weighted by atomic mass is 10.3. The van der Waals surface area contributed by atoms with Gasteiger partial charge < -0.3 is 11.1 Å². The van der Waals surface area contributed by atoms with Crippen molar-refractivity contribution in [1.82, 2.24) is 15.2 Å². The molecule has 0 unspecified atom stereocenters. The van der Waals surface area contributed by atoms with E-state index in [0.29, 0.717) is 11.5 Å². The van der Waals surface area contributed by atoms with Crippen molar-refractivity contribution in [3.05, 3.63) is 36.3 Å². The topological polar surface area (TPSA) is 96.7 Å². The minimum Gasteiger partial charge on any atom is -0.396 e. The lowest BCUT2D eigenvalue weighted by molar-refractivity contribution is 0.102. The molecule has 15 heavy (non-hydrogen) atoms. The second kappa shape index (κ2) is 3.79. The van der Waals surface area contributed by atoms with Gasteiger partial charge in [0, 0.05) is 6.20 Å². The number of aromatic nitrogens is 3. The summed E-state index contributed by atoms with van der Waals surface area (Å²) in [4.78, 5) is 15.5. The van der Waals surface area contributed by atoms with Gasteiger partial charge in [-0.15, -0.1) is 0 Å². The Bertz CT molecular complexity index is 464. The molecule has 0 atom stereocenters. The number of carbonyl (C=O) groups excluding carboxylic acids is 1. The Kier molecular flexibility index (Phi) is 2.32. The normalized spacial score (nSPS) is 9.87. The van der Waals surface area contributed by atoms with Gasteiger partial charge in [0.1, 0.15) is 11.5 Å². The van der Waals surface area contributed by atoms with Crippen LogP contribution in [0.3, 0.4) is 0 Å². The predicted octanol–water partition coefficient (Wildman–Crippen LogP) is 0.639. The fraction of sp³-hybridized carbons (Fsp3) is 0. The molecule has 4 N–H and O–H groups in total. The second-order valence-corrected chi connectivity index (χ2v) is 2.87. The molecule has 0 saturated carbocycles. The summed E-state index contributed by atoms with van der Waals surface area (Å²) in [5, 5.41) is 8.75. The van der Waals surface area contributed by atoms with E-state index in [1.807, 2.05) is 0 Å². The average molecular weight is 203 g/mol. The van der Waals surface area contributed by atoms with Gasteiger partial charge in [-0.3, -0.25) is 9.89 Å². The van der Waals surface area contributed by atoms with Crippen molar-refractivity contribution >= 4 is 17.4 Å². The largest absolute Gasteiger partial charge is 0.396 e. The number of hydrogen-bond donors (Lipinski definition) is 3. The van der Waals surface area contributed by atoms with Crippen LogP contribution in [0, 0.1) is 0 Å². The lowest BCUT2D eigenvalue weighted by Crippen LogP contribution is -2.14. The number of carbonyl (C=O) groups is 1. The zero-order chi connectivity index (χ0) is 10.7. The average Bonchev–Trinajstić information content (AvgIpc) is 2.66. The fourth-order valence-corrected chi connectivity index (χ4v) is 1.09. The molecule has 6 heteroatoms. The van der Waals surface area contributed by atoms with Crippen LogP contribution in [0.5, 0.6) is 0 Å². The molecule has 2 aromatic rings. The number of nitrogens with zero attached hydrogens (tertiary/aromatic N) is 2. The molecule has 6 nitrogen and oxygen atoms in total. The third kappa shape index (κ3) is 1.93. The van der Waals surface area contributed by atoms with Crippen molar-refractivity contribution in [2.24, 2.45) is 0 Å². The molecule has 2 aromatic heterocycles. The van der Waals surface area contributed by atoms with Crippen LogP contribution in [0.2, 0.25) is 0 Å². The molecule has 0 radical (unpaired) electrons. The van der Waals surface area contributed by atoms with Gasteiger partial charge >= 0.3 is 0 Å². The Hall–Kier alpha value is -2.37. The Balaban J connectivity index is 2.15. The van der Waals surface area contributed by atoms with Crippen LogP contribution in [0.25, 0.3) is 0 Å². The van der Waals surface area contributed by atoms with Gasteiger partial charge in [0.2, 0.25) is 0 Å². The van der Waals surface area contributed by atoms with Crippen molar-refractivity contribution < 1.29 is 4.79 Å². The van der Waals surface area contributed by atoms with Gasteiger partial charge in [0.05, 0.1) is 11.9 Å². The van der Waals surface area contributed by atoms with E-state index in [-0.39, 0.29) is 11.6 Å². The molecular formula is C9H9N5O. The van der Waals surface area contributed by atoms with Gasteiger partial charge in [-0.25, -0.2) is 4.98 Å². The molecule has 0 saturated heterocycles. The summed E-state index contributed by atoms with van der Waals surface area (Å²) >= 11 is 0. The minimum absolute atomic E-state index is 0.237.